The summed E-state index contributed by atoms with van der Waals surface area (Å²) in [5, 5.41) is 22.5. The van der Waals surface area contributed by atoms with Gasteiger partial charge < -0.3 is 13.7 Å². The molecule has 0 spiro atoms. The van der Waals surface area contributed by atoms with E-state index in [1.165, 1.54) is 36.9 Å². The minimum absolute atomic E-state index is 0.642. The summed E-state index contributed by atoms with van der Waals surface area (Å²) in [7, 11) is -2.70. The van der Waals surface area contributed by atoms with Crippen LogP contribution in [0.1, 0.15) is 5.56 Å². The van der Waals surface area contributed by atoms with Crippen molar-refractivity contribution in [3.63, 3.8) is 0 Å². The number of nitrogens with zero attached hydrogens (tertiary/aromatic N) is 4. The highest BCUT2D eigenvalue weighted by atomic mass is 28.3. The van der Waals surface area contributed by atoms with E-state index in [9.17, 15) is 5.26 Å². The Balaban J connectivity index is 1.05. The third kappa shape index (κ3) is 5.43. The summed E-state index contributed by atoms with van der Waals surface area (Å²) in [6.45, 7) is 0. The van der Waals surface area contributed by atoms with Crippen molar-refractivity contribution in [1.82, 2.24) is 13.7 Å². The molecule has 0 saturated heterocycles. The van der Waals surface area contributed by atoms with Crippen LogP contribution in [0.4, 0.5) is 0 Å². The van der Waals surface area contributed by atoms with Crippen molar-refractivity contribution < 1.29 is 0 Å². The van der Waals surface area contributed by atoms with Gasteiger partial charge in [-0.2, -0.15) is 5.26 Å². The number of rotatable bonds is 7. The number of nitriles is 1. The van der Waals surface area contributed by atoms with E-state index in [-0.39, 0.29) is 0 Å². The Morgan fingerprint density at radius 3 is 1.23 bits per heavy atom. The minimum Gasteiger partial charge on any atom is -0.309 e. The monoisotopic (exact) mass is 856 g/mol. The van der Waals surface area contributed by atoms with E-state index in [0.29, 0.717) is 5.56 Å². The molecular weight excluding hydrogens is 817 g/mol. The van der Waals surface area contributed by atoms with E-state index in [1.54, 1.807) is 0 Å². The van der Waals surface area contributed by atoms with Crippen LogP contribution in [0.3, 0.4) is 0 Å². The second kappa shape index (κ2) is 15.0. The zero-order valence-corrected chi connectivity index (χ0v) is 36.9. The molecule has 0 fully saturated rings. The van der Waals surface area contributed by atoms with E-state index in [0.717, 1.165) is 66.3 Å². The van der Waals surface area contributed by atoms with Crippen molar-refractivity contribution in [3.05, 3.63) is 248 Å². The summed E-state index contributed by atoms with van der Waals surface area (Å²) in [5.41, 5.74) is 10.7. The lowest BCUT2D eigenvalue weighted by atomic mass is 10.1. The molecule has 0 atom stereocenters. The predicted molar refractivity (Wildman–Crippen MR) is 278 cm³/mol. The first-order valence-corrected chi connectivity index (χ1v) is 24.5. The molecule has 0 saturated carbocycles. The average Bonchev–Trinajstić information content (AvgIpc) is 4.03. The lowest BCUT2D eigenvalue weighted by Crippen LogP contribution is -2.74. The van der Waals surface area contributed by atoms with Crippen LogP contribution in [0.25, 0.3) is 82.5 Å². The van der Waals surface area contributed by atoms with Gasteiger partial charge in [-0.05, 0) is 87.5 Å². The molecule has 308 valence electrons. The third-order valence-electron chi connectivity index (χ3n) is 13.8. The maximum absolute atomic E-state index is 10.0. The molecule has 0 aliphatic rings. The number of hydrogen-bond donors (Lipinski definition) is 0. The Morgan fingerprint density at radius 2 is 0.697 bits per heavy atom. The van der Waals surface area contributed by atoms with Crippen LogP contribution in [-0.4, -0.2) is 21.8 Å². The third-order valence-corrected chi connectivity index (χ3v) is 18.6. The van der Waals surface area contributed by atoms with Gasteiger partial charge in [0.05, 0.1) is 56.1 Å². The summed E-state index contributed by atoms with van der Waals surface area (Å²) in [6, 6.07) is 90.9. The van der Waals surface area contributed by atoms with Gasteiger partial charge in [-0.15, -0.1) is 0 Å². The summed E-state index contributed by atoms with van der Waals surface area (Å²) in [5.74, 6) is 0. The fourth-order valence-electron chi connectivity index (χ4n) is 11.1. The van der Waals surface area contributed by atoms with Gasteiger partial charge in [0.1, 0.15) is 0 Å². The van der Waals surface area contributed by atoms with Crippen LogP contribution in [0.5, 0.6) is 0 Å². The molecule has 3 aromatic heterocycles. The van der Waals surface area contributed by atoms with E-state index < -0.39 is 8.07 Å². The number of benzene rings is 10. The molecule has 66 heavy (non-hydrogen) atoms. The molecule has 0 amide bonds. The fraction of sp³-hybridized carbons (Fsp3) is 0. The van der Waals surface area contributed by atoms with E-state index >= 15 is 0 Å². The first kappa shape index (κ1) is 37.8. The van der Waals surface area contributed by atoms with Crippen molar-refractivity contribution in [2.24, 2.45) is 0 Å². The van der Waals surface area contributed by atoms with Crippen LogP contribution in [0.15, 0.2) is 243 Å². The van der Waals surface area contributed by atoms with Gasteiger partial charge in [-0.25, -0.2) is 0 Å². The standard InChI is InChI=1S/C61H40N4Si/c62-41-42-34-39-49-48-24-10-13-27-52(48)65(59(49)40-42)58-33-17-32-57-61(58)51-26-12-15-29-54(51)64(57)56-31-16-30-55-60(56)50-25-11-14-28-53(50)63(55)43-35-37-47(38-36-43)66(44-18-4-1-5-19-44,45-20-6-2-7-21-45)46-22-8-3-9-23-46/h1-40H. The predicted octanol–water partition coefficient (Wildman–Crippen LogP) is 12.2. The molecule has 13 rings (SSSR count). The first-order chi connectivity index (χ1) is 32.7. The summed E-state index contributed by atoms with van der Waals surface area (Å²) < 4.78 is 7.26. The second-order valence-corrected chi connectivity index (χ2v) is 20.9. The van der Waals surface area contributed by atoms with Crippen LogP contribution >= 0.6 is 0 Å². The van der Waals surface area contributed by atoms with Crippen molar-refractivity contribution in [1.29, 1.82) is 5.26 Å². The van der Waals surface area contributed by atoms with Gasteiger partial charge in [0.2, 0.25) is 0 Å². The SMILES string of the molecule is N#Cc1ccc2c3ccccc3n(-c3cccc4c3c3ccccc3n4-c3cccc4c3c3ccccc3n4-c3ccc([Si](c4ccccc4)(c4ccccc4)c4ccccc4)cc3)c2c1. The average molecular weight is 857 g/mol. The molecule has 5 heteroatoms. The van der Waals surface area contributed by atoms with Crippen molar-refractivity contribution in [3.8, 4) is 23.1 Å². The Hall–Kier alpha value is -8.69. The van der Waals surface area contributed by atoms with Gasteiger partial charge >= 0.3 is 0 Å². The Labute approximate surface area is 382 Å². The largest absolute Gasteiger partial charge is 0.309 e. The highest BCUT2D eigenvalue weighted by Crippen LogP contribution is 2.43. The van der Waals surface area contributed by atoms with E-state index in [4.69, 9.17) is 0 Å². The number of aromatic nitrogens is 3. The number of fused-ring (bicyclic) bond motifs is 9. The van der Waals surface area contributed by atoms with E-state index in [1.807, 2.05) is 12.1 Å². The maximum Gasteiger partial charge on any atom is 0.179 e. The molecule has 4 nitrogen and oxygen atoms in total. The quantitative estimate of drug-likeness (QED) is 0.116. The second-order valence-electron chi connectivity index (χ2n) is 17.1. The van der Waals surface area contributed by atoms with Gasteiger partial charge in [0.15, 0.2) is 8.07 Å². The normalized spacial score (nSPS) is 11.9. The van der Waals surface area contributed by atoms with Crippen LogP contribution in [0.2, 0.25) is 0 Å². The Bertz CT molecular complexity index is 3950. The van der Waals surface area contributed by atoms with E-state index in [2.05, 4.69) is 250 Å². The number of hydrogen-bond acceptors (Lipinski definition) is 1. The summed E-state index contributed by atoms with van der Waals surface area (Å²) in [4.78, 5) is 0. The molecule has 0 bridgehead atoms. The highest BCUT2D eigenvalue weighted by Gasteiger charge is 2.41. The molecule has 0 aliphatic carbocycles. The topological polar surface area (TPSA) is 38.6 Å². The van der Waals surface area contributed by atoms with Crippen molar-refractivity contribution in [2.45, 2.75) is 0 Å². The van der Waals surface area contributed by atoms with Gasteiger partial charge in [0, 0.05) is 38.0 Å². The van der Waals surface area contributed by atoms with Crippen LogP contribution in [0, 0.1) is 11.3 Å². The molecule has 3 heterocycles. The van der Waals surface area contributed by atoms with Crippen LogP contribution < -0.4 is 20.7 Å². The Morgan fingerprint density at radius 1 is 0.303 bits per heavy atom. The molecule has 0 radical (unpaired) electrons. The molecule has 0 aliphatic heterocycles. The summed E-state index contributed by atoms with van der Waals surface area (Å²) in [6.07, 6.45) is 0. The van der Waals surface area contributed by atoms with Gasteiger partial charge in [0.25, 0.3) is 0 Å². The van der Waals surface area contributed by atoms with Gasteiger partial charge in [-0.3, -0.25) is 0 Å². The fourth-order valence-corrected chi connectivity index (χ4v) is 15.9. The molecule has 13 aromatic rings. The van der Waals surface area contributed by atoms with Crippen LogP contribution in [-0.2, 0) is 0 Å². The zero-order valence-electron chi connectivity index (χ0n) is 35.9. The summed E-state index contributed by atoms with van der Waals surface area (Å²) >= 11 is 0. The maximum atomic E-state index is 10.0. The first-order valence-electron chi connectivity index (χ1n) is 22.5. The minimum atomic E-state index is -2.70. The smallest absolute Gasteiger partial charge is 0.179 e. The Kier molecular flexibility index (Phi) is 8.57. The lowest BCUT2D eigenvalue weighted by Gasteiger charge is -2.34. The van der Waals surface area contributed by atoms with Crippen molar-refractivity contribution >= 4 is 94.2 Å². The van der Waals surface area contributed by atoms with Crippen molar-refractivity contribution in [2.75, 3.05) is 0 Å². The lowest BCUT2D eigenvalue weighted by molar-refractivity contribution is 1.17. The molecule has 0 unspecified atom stereocenters. The molecule has 10 aromatic carbocycles. The molecule has 0 N–H and O–H groups in total. The van der Waals surface area contributed by atoms with Gasteiger partial charge in [-0.1, -0.05) is 176 Å². The number of para-hydroxylation sites is 3. The zero-order chi connectivity index (χ0) is 43.8. The highest BCUT2D eigenvalue weighted by molar-refractivity contribution is 7.19. The molecular formula is C61H40N4Si.